The van der Waals surface area contributed by atoms with Crippen molar-refractivity contribution in [1.29, 1.82) is 0 Å². The van der Waals surface area contributed by atoms with Gasteiger partial charge in [-0.3, -0.25) is 30.2 Å². The van der Waals surface area contributed by atoms with E-state index >= 15 is 0 Å². The second-order valence-corrected chi connectivity index (χ2v) is 8.02. The van der Waals surface area contributed by atoms with E-state index in [2.05, 4.69) is 10.2 Å². The lowest BCUT2D eigenvalue weighted by Gasteiger charge is -2.23. The minimum Gasteiger partial charge on any atom is -0.299 e. The molecule has 0 bridgehead atoms. The Balaban J connectivity index is 1.69. The Morgan fingerprint density at radius 2 is 1.21 bits per heavy atom. The van der Waals surface area contributed by atoms with Crippen molar-refractivity contribution in [1.82, 2.24) is 10.0 Å². The van der Waals surface area contributed by atoms with Gasteiger partial charge >= 0.3 is 0 Å². The molecule has 2 rings (SSSR count). The van der Waals surface area contributed by atoms with Gasteiger partial charge < -0.3 is 0 Å². The Hall–Kier alpha value is -2.26. The zero-order valence-electron chi connectivity index (χ0n) is 16.9. The molecule has 0 amide bonds. The van der Waals surface area contributed by atoms with E-state index in [0.29, 0.717) is 38.8 Å². The first-order valence-corrected chi connectivity index (χ1v) is 10.1. The normalized spacial score (nSPS) is 28.5. The molecule has 158 valence electrons. The minimum atomic E-state index is -0.439. The molecule has 0 radical (unpaired) electrons. The van der Waals surface area contributed by atoms with Crippen LogP contribution in [-0.2, 0) is 0 Å². The third kappa shape index (κ3) is 7.40. The lowest BCUT2D eigenvalue weighted by Crippen LogP contribution is -2.30. The summed E-state index contributed by atoms with van der Waals surface area (Å²) in [6.07, 6.45) is 9.83. The van der Waals surface area contributed by atoms with Crippen molar-refractivity contribution in [3.05, 3.63) is 20.2 Å². The molecule has 2 saturated carbocycles. The Kier molecular flexibility index (Phi) is 8.59. The first-order valence-electron chi connectivity index (χ1n) is 10.1. The van der Waals surface area contributed by atoms with Crippen molar-refractivity contribution in [3.8, 4) is 0 Å². The van der Waals surface area contributed by atoms with Crippen LogP contribution in [0.1, 0.15) is 51.4 Å². The Morgan fingerprint density at radius 1 is 0.821 bits per heavy atom. The molecule has 0 N–H and O–H groups in total. The number of likely N-dealkylation sites (N-methyl/N-ethyl adjacent to an activating group) is 2. The second kappa shape index (κ2) is 10.9. The molecular weight excluding hydrogens is 364 g/mol. The fraction of sp³-hybridized carbons (Fsp3) is 0.889. The zero-order chi connectivity index (χ0) is 20.5. The van der Waals surface area contributed by atoms with Crippen LogP contribution in [0.3, 0.4) is 0 Å². The first-order chi connectivity index (χ1) is 13.3. The van der Waals surface area contributed by atoms with E-state index in [-0.39, 0.29) is 21.7 Å². The van der Waals surface area contributed by atoms with Gasteiger partial charge in [-0.2, -0.15) is 10.2 Å². The highest BCUT2D eigenvalue weighted by atomic mass is 16.6. The summed E-state index contributed by atoms with van der Waals surface area (Å²) in [5.74, 6) is 0.339. The summed E-state index contributed by atoms with van der Waals surface area (Å²) in [5, 5.41) is 34.4. The number of hydrogen-bond donors (Lipinski definition) is 0. The standard InChI is InChI=1S/C18H32N6O4/c1-21(19-13-15-5-3-7-17(11-15)23(25)26)9-10-22(2)20-14-16-6-4-8-18(12-16)24(27)28/h13-18H,3-12H2,1-2H3/b19-13+,20-14+. The Morgan fingerprint density at radius 3 is 1.57 bits per heavy atom. The number of nitro groups is 2. The molecule has 10 nitrogen and oxygen atoms in total. The maximum absolute atomic E-state index is 10.9. The van der Waals surface area contributed by atoms with Crippen molar-refractivity contribution in [2.75, 3.05) is 27.2 Å². The second-order valence-electron chi connectivity index (χ2n) is 8.02. The van der Waals surface area contributed by atoms with E-state index in [4.69, 9.17) is 0 Å². The van der Waals surface area contributed by atoms with Crippen LogP contribution < -0.4 is 0 Å². The minimum absolute atomic E-state index is 0.170. The predicted molar refractivity (Wildman–Crippen MR) is 108 cm³/mol. The van der Waals surface area contributed by atoms with Crippen LogP contribution in [-0.4, -0.2) is 71.6 Å². The summed E-state index contributed by atoms with van der Waals surface area (Å²) >= 11 is 0. The van der Waals surface area contributed by atoms with E-state index in [1.807, 2.05) is 36.5 Å². The molecule has 0 aromatic carbocycles. The number of hydrazone groups is 2. The van der Waals surface area contributed by atoms with Gasteiger partial charge in [-0.1, -0.05) is 0 Å². The van der Waals surface area contributed by atoms with Gasteiger partial charge in [-0.15, -0.1) is 0 Å². The van der Waals surface area contributed by atoms with E-state index in [0.717, 1.165) is 25.7 Å². The third-order valence-corrected chi connectivity index (χ3v) is 5.67. The third-order valence-electron chi connectivity index (χ3n) is 5.67. The van der Waals surface area contributed by atoms with Gasteiger partial charge in [0.2, 0.25) is 12.1 Å². The van der Waals surface area contributed by atoms with Crippen LogP contribution in [0, 0.1) is 32.1 Å². The number of nitrogens with zero attached hydrogens (tertiary/aromatic N) is 6. The molecule has 28 heavy (non-hydrogen) atoms. The monoisotopic (exact) mass is 396 g/mol. The fourth-order valence-corrected chi connectivity index (χ4v) is 3.88. The van der Waals surface area contributed by atoms with Crippen molar-refractivity contribution in [3.63, 3.8) is 0 Å². The van der Waals surface area contributed by atoms with Crippen molar-refractivity contribution in [2.45, 2.75) is 63.5 Å². The fourth-order valence-electron chi connectivity index (χ4n) is 3.88. The predicted octanol–water partition coefficient (Wildman–Crippen LogP) is 2.49. The Bertz CT molecular complexity index is 534. The summed E-state index contributed by atoms with van der Waals surface area (Å²) in [6.45, 7) is 1.36. The van der Waals surface area contributed by atoms with Crippen LogP contribution in [0.5, 0.6) is 0 Å². The highest BCUT2D eigenvalue weighted by Crippen LogP contribution is 2.25. The largest absolute Gasteiger partial charge is 0.299 e. The lowest BCUT2D eigenvalue weighted by molar-refractivity contribution is -0.527. The average molecular weight is 396 g/mol. The molecule has 4 unspecified atom stereocenters. The highest BCUT2D eigenvalue weighted by Gasteiger charge is 2.29. The SMILES string of the molecule is CN(CCN(C)/N=C/C1CCCC([N+](=O)[O-])C1)/N=C/C1CCCC([N+](=O)[O-])C1. The van der Waals surface area contributed by atoms with Gasteiger partial charge in [0.05, 0.1) is 13.1 Å². The zero-order valence-corrected chi connectivity index (χ0v) is 16.9. The molecule has 0 aromatic rings. The summed E-state index contributed by atoms with van der Waals surface area (Å²) in [7, 11) is 3.76. The molecule has 0 saturated heterocycles. The molecule has 10 heteroatoms. The molecular formula is C18H32N6O4. The molecule has 0 heterocycles. The van der Waals surface area contributed by atoms with Crippen LogP contribution in [0.25, 0.3) is 0 Å². The maximum atomic E-state index is 10.9. The van der Waals surface area contributed by atoms with Crippen molar-refractivity contribution < 1.29 is 9.85 Å². The van der Waals surface area contributed by atoms with E-state index in [1.54, 1.807) is 0 Å². The van der Waals surface area contributed by atoms with E-state index < -0.39 is 12.1 Å². The molecule has 0 aromatic heterocycles. The summed E-state index contributed by atoms with van der Waals surface area (Å²) in [5.41, 5.74) is 0. The van der Waals surface area contributed by atoms with Crippen LogP contribution >= 0.6 is 0 Å². The molecule has 2 aliphatic carbocycles. The van der Waals surface area contributed by atoms with Crippen LogP contribution in [0.2, 0.25) is 0 Å². The summed E-state index contributed by atoms with van der Waals surface area (Å²) < 4.78 is 0. The summed E-state index contributed by atoms with van der Waals surface area (Å²) in [4.78, 5) is 21.5. The van der Waals surface area contributed by atoms with Gasteiger partial charge in [0, 0.05) is 73.9 Å². The van der Waals surface area contributed by atoms with Gasteiger partial charge in [-0.25, -0.2) is 0 Å². The quantitative estimate of drug-likeness (QED) is 0.336. The molecule has 0 aliphatic heterocycles. The Labute approximate surface area is 165 Å². The molecule has 4 atom stereocenters. The van der Waals surface area contributed by atoms with Crippen LogP contribution in [0.15, 0.2) is 10.2 Å². The lowest BCUT2D eigenvalue weighted by atomic mass is 9.87. The molecule has 0 spiro atoms. The summed E-state index contributed by atoms with van der Waals surface area (Å²) in [6, 6.07) is -0.878. The molecule has 2 fully saturated rings. The van der Waals surface area contributed by atoms with E-state index in [1.165, 1.54) is 0 Å². The van der Waals surface area contributed by atoms with Crippen LogP contribution in [0.4, 0.5) is 0 Å². The maximum Gasteiger partial charge on any atom is 0.213 e. The molecule has 2 aliphatic rings. The van der Waals surface area contributed by atoms with Gasteiger partial charge in [-0.05, 0) is 25.7 Å². The highest BCUT2D eigenvalue weighted by molar-refractivity contribution is 5.61. The van der Waals surface area contributed by atoms with Gasteiger partial charge in [0.1, 0.15) is 0 Å². The average Bonchev–Trinajstić information content (AvgIpc) is 2.69. The number of hydrogen-bond acceptors (Lipinski definition) is 8. The van der Waals surface area contributed by atoms with Crippen molar-refractivity contribution >= 4 is 12.4 Å². The van der Waals surface area contributed by atoms with Crippen molar-refractivity contribution in [2.24, 2.45) is 22.0 Å². The van der Waals surface area contributed by atoms with Gasteiger partial charge in [0.15, 0.2) is 0 Å². The smallest absolute Gasteiger partial charge is 0.213 e. The van der Waals surface area contributed by atoms with E-state index in [9.17, 15) is 20.2 Å². The van der Waals surface area contributed by atoms with Gasteiger partial charge in [0.25, 0.3) is 0 Å². The number of rotatable bonds is 9. The topological polar surface area (TPSA) is 117 Å². The first kappa shape index (κ1) is 22.0.